The molecule has 1 fully saturated rings. The van der Waals surface area contributed by atoms with Gasteiger partial charge in [-0.25, -0.2) is 4.68 Å². The summed E-state index contributed by atoms with van der Waals surface area (Å²) in [5, 5.41) is 18.2. The maximum Gasteiger partial charge on any atom is 0.227 e. The summed E-state index contributed by atoms with van der Waals surface area (Å²) in [7, 11) is 0. The van der Waals surface area contributed by atoms with Crippen LogP contribution in [0.15, 0.2) is 72.8 Å². The SMILES string of the molecule is Cc1nn(-c2ccccc2)c(C)c1CC(=O)N1C[C@H]2NC(=O)CCc3ccc(O)c(c3)Oc3cccc(c3)[C@@H]2C1. The van der Waals surface area contributed by atoms with E-state index in [9.17, 15) is 14.7 Å². The van der Waals surface area contributed by atoms with E-state index < -0.39 is 0 Å². The number of aryl methyl sites for hydroxylation is 2. The number of carbonyl (C=O) groups is 2. The monoisotopic (exact) mass is 536 g/mol. The Kier molecular flexibility index (Phi) is 6.76. The number of phenols is 1. The Labute approximate surface area is 233 Å². The molecule has 2 amide bonds. The molecule has 0 radical (unpaired) electrons. The Hall–Kier alpha value is -4.59. The number of likely N-dealkylation sites (tertiary alicyclic amines) is 1. The van der Waals surface area contributed by atoms with Gasteiger partial charge in [0.2, 0.25) is 11.8 Å². The van der Waals surface area contributed by atoms with Crippen molar-refractivity contribution in [3.05, 3.63) is 101 Å². The van der Waals surface area contributed by atoms with Gasteiger partial charge in [0.1, 0.15) is 5.75 Å². The highest BCUT2D eigenvalue weighted by Gasteiger charge is 2.37. The summed E-state index contributed by atoms with van der Waals surface area (Å²) in [6.07, 6.45) is 1.06. The Balaban J connectivity index is 1.26. The number of phenolic OH excluding ortho intramolecular Hbond substituents is 1. The predicted molar refractivity (Wildman–Crippen MR) is 151 cm³/mol. The Morgan fingerprint density at radius 2 is 1.85 bits per heavy atom. The van der Waals surface area contributed by atoms with Crippen molar-refractivity contribution in [2.45, 2.75) is 45.1 Å². The summed E-state index contributed by atoms with van der Waals surface area (Å²) < 4.78 is 7.94. The fraction of sp³-hybridized carbons (Fsp3) is 0.281. The lowest BCUT2D eigenvalue weighted by molar-refractivity contribution is -0.130. The third-order valence-corrected chi connectivity index (χ3v) is 7.97. The average Bonchev–Trinajstić information content (AvgIpc) is 3.50. The number of rotatable bonds is 3. The van der Waals surface area contributed by atoms with Crippen molar-refractivity contribution in [3.63, 3.8) is 0 Å². The highest BCUT2D eigenvalue weighted by molar-refractivity contribution is 5.81. The first-order valence-electron chi connectivity index (χ1n) is 13.6. The van der Waals surface area contributed by atoms with Crippen molar-refractivity contribution in [3.8, 4) is 22.9 Å². The van der Waals surface area contributed by atoms with E-state index in [1.54, 1.807) is 18.2 Å². The number of hydrogen-bond donors (Lipinski definition) is 2. The molecule has 2 aliphatic rings. The molecule has 8 nitrogen and oxygen atoms in total. The van der Waals surface area contributed by atoms with Crippen LogP contribution in [0.25, 0.3) is 5.69 Å². The third kappa shape index (κ3) is 5.04. The highest BCUT2D eigenvalue weighted by atomic mass is 16.5. The first-order valence-corrected chi connectivity index (χ1v) is 13.6. The summed E-state index contributed by atoms with van der Waals surface area (Å²) >= 11 is 0. The van der Waals surface area contributed by atoms with E-state index in [2.05, 4.69) is 5.32 Å². The Morgan fingerprint density at radius 3 is 2.67 bits per heavy atom. The second kappa shape index (κ2) is 10.5. The van der Waals surface area contributed by atoms with E-state index in [1.807, 2.05) is 78.0 Å². The van der Waals surface area contributed by atoms with Crippen LogP contribution < -0.4 is 10.1 Å². The Morgan fingerprint density at radius 1 is 1.02 bits per heavy atom. The lowest BCUT2D eigenvalue weighted by Gasteiger charge is -2.20. The van der Waals surface area contributed by atoms with Crippen LogP contribution in [0.5, 0.6) is 17.2 Å². The van der Waals surface area contributed by atoms with Crippen LogP contribution in [-0.2, 0) is 22.4 Å². The molecule has 3 aromatic carbocycles. The molecule has 1 aromatic heterocycles. The van der Waals surface area contributed by atoms with Crippen LogP contribution in [0.4, 0.5) is 0 Å². The number of para-hydroxylation sites is 1. The van der Waals surface area contributed by atoms with Crippen LogP contribution in [0, 0.1) is 13.8 Å². The van der Waals surface area contributed by atoms with Gasteiger partial charge in [-0.2, -0.15) is 5.10 Å². The molecule has 40 heavy (non-hydrogen) atoms. The van der Waals surface area contributed by atoms with Gasteiger partial charge in [-0.3, -0.25) is 9.59 Å². The van der Waals surface area contributed by atoms with Gasteiger partial charge in [0.25, 0.3) is 0 Å². The number of nitrogens with zero attached hydrogens (tertiary/aromatic N) is 3. The zero-order chi connectivity index (χ0) is 27.8. The normalized spacial score (nSPS) is 18.6. The van der Waals surface area contributed by atoms with Gasteiger partial charge in [-0.1, -0.05) is 36.4 Å². The van der Waals surface area contributed by atoms with E-state index in [1.165, 1.54) is 0 Å². The minimum atomic E-state index is -0.224. The van der Waals surface area contributed by atoms with Gasteiger partial charge >= 0.3 is 0 Å². The molecular weight excluding hydrogens is 504 g/mol. The number of carbonyl (C=O) groups excluding carboxylic acids is 2. The molecule has 4 aromatic rings. The second-order valence-corrected chi connectivity index (χ2v) is 10.6. The highest BCUT2D eigenvalue weighted by Crippen LogP contribution is 2.36. The van der Waals surface area contributed by atoms with E-state index in [0.29, 0.717) is 37.4 Å². The number of aromatic hydroxyl groups is 1. The van der Waals surface area contributed by atoms with Gasteiger partial charge in [-0.15, -0.1) is 0 Å². The first-order chi connectivity index (χ1) is 19.4. The number of amides is 2. The third-order valence-electron chi connectivity index (χ3n) is 7.97. The summed E-state index contributed by atoms with van der Waals surface area (Å²) in [6.45, 7) is 4.85. The Bertz CT molecular complexity index is 1580. The van der Waals surface area contributed by atoms with Crippen molar-refractivity contribution < 1.29 is 19.4 Å². The predicted octanol–water partition coefficient (Wildman–Crippen LogP) is 4.59. The summed E-state index contributed by atoms with van der Waals surface area (Å²) in [5.41, 5.74) is 5.54. The number of ether oxygens (including phenoxy) is 1. The summed E-state index contributed by atoms with van der Waals surface area (Å²) in [5.74, 6) is 0.850. The lowest BCUT2D eigenvalue weighted by atomic mass is 9.94. The largest absolute Gasteiger partial charge is 0.504 e. The number of hydrogen-bond acceptors (Lipinski definition) is 5. The summed E-state index contributed by atoms with van der Waals surface area (Å²) in [4.78, 5) is 28.5. The number of nitrogens with one attached hydrogen (secondary N) is 1. The molecule has 0 saturated carbocycles. The molecule has 4 bridgehead atoms. The first kappa shape index (κ1) is 25.7. The van der Waals surface area contributed by atoms with Gasteiger partial charge < -0.3 is 20.1 Å². The minimum absolute atomic E-state index is 0.00832. The van der Waals surface area contributed by atoms with Crippen molar-refractivity contribution in [2.24, 2.45) is 0 Å². The molecule has 1 saturated heterocycles. The molecule has 0 spiro atoms. The number of aromatic nitrogens is 2. The van der Waals surface area contributed by atoms with Crippen molar-refractivity contribution >= 4 is 11.8 Å². The summed E-state index contributed by atoms with van der Waals surface area (Å²) in [6, 6.07) is 22.5. The van der Waals surface area contributed by atoms with Gasteiger partial charge in [0.05, 0.1) is 23.8 Å². The molecule has 8 heteroatoms. The lowest BCUT2D eigenvalue weighted by Crippen LogP contribution is -2.40. The molecule has 2 atom stereocenters. The van der Waals surface area contributed by atoms with Crippen LogP contribution >= 0.6 is 0 Å². The maximum absolute atomic E-state index is 13.6. The van der Waals surface area contributed by atoms with E-state index in [0.717, 1.165) is 33.8 Å². The van der Waals surface area contributed by atoms with Gasteiger partial charge in [-0.05, 0) is 67.8 Å². The van der Waals surface area contributed by atoms with Crippen molar-refractivity contribution in [2.75, 3.05) is 13.1 Å². The second-order valence-electron chi connectivity index (χ2n) is 10.6. The smallest absolute Gasteiger partial charge is 0.227 e. The molecule has 6 rings (SSSR count). The fourth-order valence-corrected chi connectivity index (χ4v) is 5.77. The molecule has 0 aliphatic carbocycles. The number of benzene rings is 3. The van der Waals surface area contributed by atoms with Crippen LogP contribution in [0.3, 0.4) is 0 Å². The van der Waals surface area contributed by atoms with Crippen LogP contribution in [0.2, 0.25) is 0 Å². The fourth-order valence-electron chi connectivity index (χ4n) is 5.77. The van der Waals surface area contributed by atoms with E-state index >= 15 is 0 Å². The maximum atomic E-state index is 13.6. The average molecular weight is 537 g/mol. The standard InChI is InChI=1S/C32H32N4O4/c1-20-26(21(2)36(34-20)24-8-4-3-5-9-24)17-32(39)35-18-27-23-7-6-10-25(16-23)40-30-15-22(11-13-29(30)37)12-14-31(38)33-28(27)19-35/h3-11,13,15-16,27-28,37H,12,14,17-19H2,1-2H3,(H,33,38)/t27-,28+/m0/s1. The topological polar surface area (TPSA) is 96.7 Å². The molecule has 2 aliphatic heterocycles. The van der Waals surface area contributed by atoms with Crippen LogP contribution in [-0.4, -0.2) is 50.7 Å². The van der Waals surface area contributed by atoms with Gasteiger partial charge in [0.15, 0.2) is 11.5 Å². The van der Waals surface area contributed by atoms with E-state index in [-0.39, 0.29) is 35.9 Å². The van der Waals surface area contributed by atoms with Crippen LogP contribution in [0.1, 0.15) is 40.4 Å². The van der Waals surface area contributed by atoms with Crippen molar-refractivity contribution in [1.82, 2.24) is 20.0 Å². The zero-order valence-corrected chi connectivity index (χ0v) is 22.6. The molecule has 204 valence electrons. The van der Waals surface area contributed by atoms with Crippen molar-refractivity contribution in [1.29, 1.82) is 0 Å². The minimum Gasteiger partial charge on any atom is -0.504 e. The number of fused-ring (bicyclic) bond motifs is 6. The molecule has 3 heterocycles. The quantitative estimate of drug-likeness (QED) is 0.399. The molecule has 2 N–H and O–H groups in total. The molecule has 0 unspecified atom stereocenters. The zero-order valence-electron chi connectivity index (χ0n) is 22.6. The van der Waals surface area contributed by atoms with E-state index in [4.69, 9.17) is 9.84 Å². The molecular formula is C32H32N4O4. The van der Waals surface area contributed by atoms with Gasteiger partial charge in [0, 0.05) is 36.7 Å².